The van der Waals surface area contributed by atoms with Gasteiger partial charge < -0.3 is 5.32 Å². The highest BCUT2D eigenvalue weighted by Crippen LogP contribution is 2.39. The second-order valence-corrected chi connectivity index (χ2v) is 9.55. The molecule has 0 saturated carbocycles. The number of fused-ring (bicyclic) bond motifs is 1. The summed E-state index contributed by atoms with van der Waals surface area (Å²) >= 11 is 8.98. The molecule has 0 bridgehead atoms. The molecule has 0 fully saturated rings. The molecule has 3 aromatic rings. The number of aromatic nitrogens is 2. The zero-order valence-electron chi connectivity index (χ0n) is 15.8. The molecule has 1 unspecified atom stereocenters. The van der Waals surface area contributed by atoms with Crippen LogP contribution in [0.4, 0.5) is 5.00 Å². The number of amides is 1. The molecule has 0 aliphatic heterocycles. The lowest BCUT2D eigenvalue weighted by Gasteiger charge is -2.17. The van der Waals surface area contributed by atoms with Gasteiger partial charge in [0, 0.05) is 28.0 Å². The van der Waals surface area contributed by atoms with Crippen molar-refractivity contribution < 1.29 is 4.79 Å². The Morgan fingerprint density at radius 2 is 2.38 bits per heavy atom. The third-order valence-corrected chi connectivity index (χ3v) is 7.27. The van der Waals surface area contributed by atoms with Crippen LogP contribution in [0.25, 0.3) is 5.69 Å². The Hall–Kier alpha value is -2.27. The molecule has 0 radical (unpaired) electrons. The molecule has 1 atom stereocenters. The maximum atomic E-state index is 12.6. The summed E-state index contributed by atoms with van der Waals surface area (Å²) in [4.78, 5) is 18.1. The summed E-state index contributed by atoms with van der Waals surface area (Å²) in [6.45, 7) is 2.23. The number of carbonyl (C=O) groups excluding carboxylic acids is 1. The van der Waals surface area contributed by atoms with Gasteiger partial charge >= 0.3 is 0 Å². The monoisotopic (exact) mass is 442 g/mol. The third kappa shape index (κ3) is 4.35. The van der Waals surface area contributed by atoms with Crippen LogP contribution in [0.5, 0.6) is 0 Å². The van der Waals surface area contributed by atoms with Crippen molar-refractivity contribution in [3.63, 3.8) is 0 Å². The number of benzene rings is 1. The van der Waals surface area contributed by atoms with Crippen molar-refractivity contribution in [3.05, 3.63) is 57.7 Å². The fraction of sp³-hybridized carbons (Fsp3) is 0.286. The highest BCUT2D eigenvalue weighted by atomic mass is 35.5. The number of nitrogens with zero attached hydrogens (tertiary/aromatic N) is 3. The number of carbonyl (C=O) groups is 1. The maximum Gasteiger partial charge on any atom is 0.235 e. The van der Waals surface area contributed by atoms with Gasteiger partial charge in [0.1, 0.15) is 11.1 Å². The van der Waals surface area contributed by atoms with Gasteiger partial charge in [-0.3, -0.25) is 9.36 Å². The number of hydrogen-bond acceptors (Lipinski definition) is 5. The summed E-state index contributed by atoms with van der Waals surface area (Å²) in [5, 5.41) is 14.6. The first-order chi connectivity index (χ1) is 14.0. The van der Waals surface area contributed by atoms with Crippen LogP contribution in [-0.4, -0.2) is 21.2 Å². The zero-order chi connectivity index (χ0) is 20.4. The predicted octanol–water partition coefficient (Wildman–Crippen LogP) is 5.31. The number of anilines is 1. The van der Waals surface area contributed by atoms with E-state index in [1.807, 2.05) is 35.0 Å². The molecule has 8 heteroatoms. The number of hydrogen-bond donors (Lipinski definition) is 1. The predicted molar refractivity (Wildman–Crippen MR) is 118 cm³/mol. The highest BCUT2D eigenvalue weighted by Gasteiger charge is 2.24. The number of nitriles is 1. The highest BCUT2D eigenvalue weighted by molar-refractivity contribution is 7.99. The van der Waals surface area contributed by atoms with Gasteiger partial charge in [-0.15, -0.1) is 11.3 Å². The van der Waals surface area contributed by atoms with Gasteiger partial charge in [0.25, 0.3) is 0 Å². The molecular formula is C21H19ClN4OS2. The Labute approximate surface area is 182 Å². The first-order valence-corrected chi connectivity index (χ1v) is 11.5. The van der Waals surface area contributed by atoms with Crippen LogP contribution in [0.3, 0.4) is 0 Å². The van der Waals surface area contributed by atoms with Gasteiger partial charge in [-0.05, 0) is 48.9 Å². The van der Waals surface area contributed by atoms with Crippen LogP contribution in [0.15, 0.2) is 41.8 Å². The molecule has 0 spiro atoms. The summed E-state index contributed by atoms with van der Waals surface area (Å²) in [5.74, 6) is 0.692. The van der Waals surface area contributed by atoms with Crippen LogP contribution in [0.1, 0.15) is 29.3 Å². The quantitative estimate of drug-likeness (QED) is 0.543. The van der Waals surface area contributed by atoms with Crippen molar-refractivity contribution in [1.82, 2.24) is 9.55 Å². The summed E-state index contributed by atoms with van der Waals surface area (Å²) in [6, 6.07) is 9.77. The summed E-state index contributed by atoms with van der Waals surface area (Å²) in [7, 11) is 0. The van der Waals surface area contributed by atoms with Gasteiger partial charge in [0.2, 0.25) is 5.91 Å². The number of nitrogens with one attached hydrogen (secondary N) is 1. The minimum atomic E-state index is -0.140. The lowest BCUT2D eigenvalue weighted by atomic mass is 9.89. The zero-order valence-corrected chi connectivity index (χ0v) is 18.2. The van der Waals surface area contributed by atoms with Crippen LogP contribution in [0.2, 0.25) is 5.02 Å². The van der Waals surface area contributed by atoms with E-state index in [0.29, 0.717) is 26.7 Å². The molecular weight excluding hydrogens is 424 g/mol. The fourth-order valence-electron chi connectivity index (χ4n) is 3.47. The summed E-state index contributed by atoms with van der Waals surface area (Å²) < 4.78 is 1.90. The van der Waals surface area contributed by atoms with Gasteiger partial charge in [0.05, 0.1) is 11.3 Å². The first kappa shape index (κ1) is 20.0. The van der Waals surface area contributed by atoms with Crippen LogP contribution in [0, 0.1) is 17.2 Å². The molecule has 1 aliphatic carbocycles. The number of halogens is 1. The van der Waals surface area contributed by atoms with E-state index in [0.717, 1.165) is 30.5 Å². The summed E-state index contributed by atoms with van der Waals surface area (Å²) in [6.07, 6.45) is 6.53. The van der Waals surface area contributed by atoms with E-state index in [1.165, 1.54) is 16.6 Å². The SMILES string of the molecule is CC1CCc2c(sc(NC(=O)CSc3nccn3-c3cccc(Cl)c3)c2C#N)C1. The standard InChI is InChI=1S/C21H19ClN4OS2/c1-13-5-6-16-17(11-23)20(29-18(16)9-13)25-19(27)12-28-21-24-7-8-26(21)15-4-2-3-14(22)10-15/h2-4,7-8,10,13H,5-6,9,12H2,1H3,(H,25,27). The van der Waals surface area contributed by atoms with E-state index in [1.54, 1.807) is 17.5 Å². The second kappa shape index (κ2) is 8.62. The smallest absolute Gasteiger partial charge is 0.235 e. The Morgan fingerprint density at radius 3 is 3.17 bits per heavy atom. The minimum Gasteiger partial charge on any atom is -0.316 e. The molecule has 2 heterocycles. The van der Waals surface area contributed by atoms with Gasteiger partial charge in [-0.2, -0.15) is 5.26 Å². The molecule has 148 valence electrons. The molecule has 29 heavy (non-hydrogen) atoms. The lowest BCUT2D eigenvalue weighted by Crippen LogP contribution is -2.14. The normalized spacial score (nSPS) is 15.6. The number of imidazole rings is 1. The van der Waals surface area contributed by atoms with Crippen molar-refractivity contribution in [2.45, 2.75) is 31.3 Å². The Kier molecular flexibility index (Phi) is 5.95. The molecule has 0 saturated heterocycles. The number of thiophene rings is 1. The Morgan fingerprint density at radius 1 is 1.52 bits per heavy atom. The van der Waals surface area contributed by atoms with Crippen LogP contribution in [-0.2, 0) is 17.6 Å². The Balaban J connectivity index is 1.45. The van der Waals surface area contributed by atoms with Crippen molar-refractivity contribution in [2.75, 3.05) is 11.1 Å². The van der Waals surface area contributed by atoms with Crippen LogP contribution >= 0.6 is 34.7 Å². The molecule has 1 aromatic carbocycles. The van der Waals surface area contributed by atoms with E-state index < -0.39 is 0 Å². The second-order valence-electron chi connectivity index (χ2n) is 7.06. The van der Waals surface area contributed by atoms with E-state index in [-0.39, 0.29) is 11.7 Å². The van der Waals surface area contributed by atoms with Crippen molar-refractivity contribution in [2.24, 2.45) is 5.92 Å². The molecule has 1 aliphatic rings. The average molecular weight is 443 g/mol. The van der Waals surface area contributed by atoms with Crippen molar-refractivity contribution in [3.8, 4) is 11.8 Å². The van der Waals surface area contributed by atoms with E-state index in [9.17, 15) is 10.1 Å². The number of rotatable bonds is 5. The Bertz CT molecular complexity index is 1100. The van der Waals surface area contributed by atoms with E-state index in [4.69, 9.17) is 11.6 Å². The lowest BCUT2D eigenvalue weighted by molar-refractivity contribution is -0.113. The van der Waals surface area contributed by atoms with E-state index in [2.05, 4.69) is 23.3 Å². The molecule has 1 N–H and O–H groups in total. The van der Waals surface area contributed by atoms with Gasteiger partial charge in [0.15, 0.2) is 5.16 Å². The molecule has 1 amide bonds. The number of thioether (sulfide) groups is 1. The summed E-state index contributed by atoms with van der Waals surface area (Å²) in [5.41, 5.74) is 2.65. The minimum absolute atomic E-state index is 0.140. The average Bonchev–Trinajstić information content (AvgIpc) is 3.29. The van der Waals surface area contributed by atoms with Gasteiger partial charge in [-0.1, -0.05) is 36.4 Å². The van der Waals surface area contributed by atoms with Crippen molar-refractivity contribution in [1.29, 1.82) is 5.26 Å². The maximum absolute atomic E-state index is 12.6. The largest absolute Gasteiger partial charge is 0.316 e. The third-order valence-electron chi connectivity index (χ3n) is 4.90. The fourth-order valence-corrected chi connectivity index (χ4v) is 5.80. The molecule has 2 aromatic heterocycles. The van der Waals surface area contributed by atoms with Crippen molar-refractivity contribution >= 4 is 45.6 Å². The molecule has 4 rings (SSSR count). The van der Waals surface area contributed by atoms with Gasteiger partial charge in [-0.25, -0.2) is 4.98 Å². The topological polar surface area (TPSA) is 70.7 Å². The first-order valence-electron chi connectivity index (χ1n) is 9.31. The van der Waals surface area contributed by atoms with E-state index >= 15 is 0 Å². The van der Waals surface area contributed by atoms with Crippen LogP contribution < -0.4 is 5.32 Å². The molecule has 5 nitrogen and oxygen atoms in total.